The molecule has 12 heavy (non-hydrogen) atoms. The van der Waals surface area contributed by atoms with Crippen LogP contribution in [0.3, 0.4) is 0 Å². The maximum absolute atomic E-state index is 8.52. The molecule has 0 spiro atoms. The largest absolute Gasteiger partial charge is 0.370 e. The fourth-order valence-corrected chi connectivity index (χ4v) is 0.946. The quantitative estimate of drug-likeness (QED) is 0.448. The molecule has 0 aromatic heterocycles. The Hall–Kier alpha value is -1.31. The van der Waals surface area contributed by atoms with Crippen LogP contribution in [0.25, 0.3) is 0 Å². The number of nitrogens with two attached hydrogens (primary N) is 1. The van der Waals surface area contributed by atoms with Gasteiger partial charge in [-0.3, -0.25) is 5.84 Å². The van der Waals surface area contributed by atoms with Gasteiger partial charge in [-0.1, -0.05) is 6.92 Å². The number of hydrogen-bond donors (Lipinski definition) is 2. The van der Waals surface area contributed by atoms with E-state index in [9.17, 15) is 0 Å². The van der Waals surface area contributed by atoms with Gasteiger partial charge in [0.15, 0.2) is 0 Å². The van der Waals surface area contributed by atoms with Crippen LogP contribution in [-0.2, 0) is 0 Å². The molecule has 1 atom stereocenters. The Morgan fingerprint density at radius 3 is 3.00 bits per heavy atom. The molecule has 1 aliphatic heterocycles. The average Bonchev–Trinajstić information content (AvgIpc) is 2.17. The van der Waals surface area contributed by atoms with Crippen molar-refractivity contribution in [3.05, 3.63) is 23.9 Å². The van der Waals surface area contributed by atoms with Gasteiger partial charge < -0.3 is 5.32 Å². The van der Waals surface area contributed by atoms with Crippen molar-refractivity contribution in [1.82, 2.24) is 10.3 Å². The van der Waals surface area contributed by atoms with E-state index in [0.717, 1.165) is 6.54 Å². The molecule has 0 bridgehead atoms. The topological polar surface area (TPSA) is 65.1 Å². The monoisotopic (exact) mass is 164 g/mol. The van der Waals surface area contributed by atoms with Gasteiger partial charge in [0, 0.05) is 12.7 Å². The van der Waals surface area contributed by atoms with Crippen molar-refractivity contribution in [2.24, 2.45) is 5.84 Å². The lowest BCUT2D eigenvalue weighted by Gasteiger charge is -2.25. The van der Waals surface area contributed by atoms with Crippen LogP contribution in [0.5, 0.6) is 0 Å². The Morgan fingerprint density at radius 1 is 1.83 bits per heavy atom. The smallest absolute Gasteiger partial charge is 0.111 e. The van der Waals surface area contributed by atoms with Crippen molar-refractivity contribution in [3.8, 4) is 6.07 Å². The summed E-state index contributed by atoms with van der Waals surface area (Å²) in [6.45, 7) is 2.73. The standard InChI is InChI=1S/C8H12N4/c1-2-12(10)8-4-3-7(5-9)6-11-8/h3-4,6,8,11H,2,10H2,1H3. The highest BCUT2D eigenvalue weighted by atomic mass is 15.5. The fraction of sp³-hybridized carbons (Fsp3) is 0.375. The summed E-state index contributed by atoms with van der Waals surface area (Å²) in [6.07, 6.45) is 5.30. The van der Waals surface area contributed by atoms with Gasteiger partial charge in [-0.25, -0.2) is 5.01 Å². The summed E-state index contributed by atoms with van der Waals surface area (Å²) >= 11 is 0. The van der Waals surface area contributed by atoms with Crippen LogP contribution in [-0.4, -0.2) is 17.7 Å². The van der Waals surface area contributed by atoms with Crippen molar-refractivity contribution in [1.29, 1.82) is 5.26 Å². The molecule has 0 aliphatic carbocycles. The van der Waals surface area contributed by atoms with Crippen LogP contribution in [0, 0.1) is 11.3 Å². The first-order valence-corrected chi connectivity index (χ1v) is 3.83. The van der Waals surface area contributed by atoms with E-state index in [0.29, 0.717) is 5.57 Å². The first-order valence-electron chi connectivity index (χ1n) is 3.83. The van der Waals surface area contributed by atoms with Crippen molar-refractivity contribution in [2.75, 3.05) is 6.54 Å². The molecule has 0 saturated heterocycles. The predicted octanol–water partition coefficient (Wildman–Crippen LogP) is 0.0750. The molecule has 0 saturated carbocycles. The Labute approximate surface area is 71.9 Å². The number of nitrogens with one attached hydrogen (secondary N) is 1. The molecule has 0 aromatic rings. The maximum Gasteiger partial charge on any atom is 0.111 e. The molecule has 64 valence electrons. The minimum atomic E-state index is 0.00657. The molecular weight excluding hydrogens is 152 g/mol. The predicted molar refractivity (Wildman–Crippen MR) is 46.3 cm³/mol. The number of hydrazine groups is 1. The minimum Gasteiger partial charge on any atom is -0.370 e. The number of nitrogens with zero attached hydrogens (tertiary/aromatic N) is 2. The lowest BCUT2D eigenvalue weighted by molar-refractivity contribution is 0.228. The third-order valence-electron chi connectivity index (χ3n) is 1.72. The number of likely N-dealkylation sites (N-methyl/N-ethyl adjacent to an activating group) is 1. The van der Waals surface area contributed by atoms with Gasteiger partial charge in [-0.15, -0.1) is 0 Å². The first kappa shape index (κ1) is 8.78. The second kappa shape index (κ2) is 3.90. The Balaban J connectivity index is 2.55. The molecule has 1 heterocycles. The lowest BCUT2D eigenvalue weighted by Crippen LogP contribution is -2.47. The van der Waals surface area contributed by atoms with Crippen LogP contribution in [0.1, 0.15) is 6.92 Å². The first-order chi connectivity index (χ1) is 5.77. The Morgan fingerprint density at radius 2 is 2.58 bits per heavy atom. The van der Waals surface area contributed by atoms with Crippen LogP contribution in [0.2, 0.25) is 0 Å². The third kappa shape index (κ3) is 1.84. The maximum atomic E-state index is 8.52. The van der Waals surface area contributed by atoms with Gasteiger partial charge >= 0.3 is 0 Å². The normalized spacial score (nSPS) is 21.5. The molecule has 1 aliphatic rings. The van der Waals surface area contributed by atoms with E-state index in [1.165, 1.54) is 0 Å². The number of hydrogen-bond acceptors (Lipinski definition) is 4. The number of nitriles is 1. The number of dihydropyridines is 1. The van der Waals surface area contributed by atoms with Crippen molar-refractivity contribution >= 4 is 0 Å². The van der Waals surface area contributed by atoms with Crippen molar-refractivity contribution < 1.29 is 0 Å². The van der Waals surface area contributed by atoms with Crippen molar-refractivity contribution in [3.63, 3.8) is 0 Å². The number of allylic oxidation sites excluding steroid dienone is 2. The van der Waals surface area contributed by atoms with Gasteiger partial charge in [0.2, 0.25) is 0 Å². The molecule has 0 fully saturated rings. The van der Waals surface area contributed by atoms with Gasteiger partial charge in [-0.05, 0) is 12.2 Å². The Bertz CT molecular complexity index is 248. The summed E-state index contributed by atoms with van der Waals surface area (Å²) in [5.74, 6) is 5.64. The molecule has 0 aromatic carbocycles. The molecule has 0 amide bonds. The third-order valence-corrected chi connectivity index (χ3v) is 1.72. The highest BCUT2D eigenvalue weighted by Gasteiger charge is 2.10. The molecule has 1 unspecified atom stereocenters. The summed E-state index contributed by atoms with van der Waals surface area (Å²) in [4.78, 5) is 0. The van der Waals surface area contributed by atoms with E-state index in [1.54, 1.807) is 17.3 Å². The number of rotatable bonds is 2. The second-order valence-corrected chi connectivity index (χ2v) is 2.51. The molecule has 4 heteroatoms. The minimum absolute atomic E-state index is 0.00657. The van der Waals surface area contributed by atoms with E-state index in [4.69, 9.17) is 11.1 Å². The van der Waals surface area contributed by atoms with Gasteiger partial charge in [0.05, 0.1) is 5.57 Å². The summed E-state index contributed by atoms with van der Waals surface area (Å²) < 4.78 is 0. The van der Waals surface area contributed by atoms with Crippen LogP contribution in [0.15, 0.2) is 23.9 Å². The summed E-state index contributed by atoms with van der Waals surface area (Å²) in [7, 11) is 0. The fourth-order valence-electron chi connectivity index (χ4n) is 0.946. The van der Waals surface area contributed by atoms with E-state index >= 15 is 0 Å². The van der Waals surface area contributed by atoms with Crippen LogP contribution >= 0.6 is 0 Å². The van der Waals surface area contributed by atoms with E-state index < -0.39 is 0 Å². The zero-order valence-corrected chi connectivity index (χ0v) is 6.99. The molecule has 3 N–H and O–H groups in total. The van der Waals surface area contributed by atoms with Gasteiger partial charge in [0.25, 0.3) is 0 Å². The SMILES string of the molecule is CCN(N)C1C=CC(C#N)=CN1. The Kier molecular flexibility index (Phi) is 2.86. The average molecular weight is 164 g/mol. The zero-order chi connectivity index (χ0) is 8.97. The van der Waals surface area contributed by atoms with E-state index in [1.807, 2.05) is 19.1 Å². The molecule has 0 radical (unpaired) electrons. The zero-order valence-electron chi connectivity index (χ0n) is 6.99. The summed E-state index contributed by atoms with van der Waals surface area (Å²) in [5.41, 5.74) is 0.621. The summed E-state index contributed by atoms with van der Waals surface area (Å²) in [5, 5.41) is 13.2. The highest BCUT2D eigenvalue weighted by molar-refractivity contribution is 5.35. The molecule has 1 rings (SSSR count). The van der Waals surface area contributed by atoms with Gasteiger partial charge in [0.1, 0.15) is 12.2 Å². The van der Waals surface area contributed by atoms with Gasteiger partial charge in [-0.2, -0.15) is 5.26 Å². The van der Waals surface area contributed by atoms with E-state index in [2.05, 4.69) is 5.32 Å². The van der Waals surface area contributed by atoms with E-state index in [-0.39, 0.29) is 6.17 Å². The second-order valence-electron chi connectivity index (χ2n) is 2.51. The molecule has 4 nitrogen and oxygen atoms in total. The van der Waals surface area contributed by atoms with Crippen molar-refractivity contribution in [2.45, 2.75) is 13.1 Å². The van der Waals surface area contributed by atoms with Crippen LogP contribution < -0.4 is 11.2 Å². The van der Waals surface area contributed by atoms with Crippen LogP contribution in [0.4, 0.5) is 0 Å². The summed E-state index contributed by atoms with van der Waals surface area (Å²) in [6, 6.07) is 2.03. The highest BCUT2D eigenvalue weighted by Crippen LogP contribution is 2.03. The lowest BCUT2D eigenvalue weighted by atomic mass is 10.2. The molecular formula is C8H12N4.